The lowest BCUT2D eigenvalue weighted by molar-refractivity contribution is -0.125. The second kappa shape index (κ2) is 7.53. The topological polar surface area (TPSA) is 55.6 Å². The van der Waals surface area contributed by atoms with Gasteiger partial charge in [0.05, 0.1) is 18.1 Å². The van der Waals surface area contributed by atoms with Gasteiger partial charge in [0, 0.05) is 18.3 Å². The van der Waals surface area contributed by atoms with Crippen molar-refractivity contribution in [3.8, 4) is 5.75 Å². The quantitative estimate of drug-likeness (QED) is 0.908. The first-order valence-electron chi connectivity index (χ1n) is 7.27. The summed E-state index contributed by atoms with van der Waals surface area (Å²) in [4.78, 5) is 14.4. The monoisotopic (exact) mass is 346 g/mol. The van der Waals surface area contributed by atoms with E-state index >= 15 is 0 Å². The molecule has 0 saturated heterocycles. The fourth-order valence-corrected chi connectivity index (χ4v) is 3.24. The average molecular weight is 347 g/mol. The van der Waals surface area contributed by atoms with Gasteiger partial charge in [-0.25, -0.2) is 0 Å². The first kappa shape index (κ1) is 19.1. The van der Waals surface area contributed by atoms with E-state index in [-0.39, 0.29) is 24.2 Å². The molecular weight excluding hydrogens is 323 g/mol. The first-order valence-corrected chi connectivity index (χ1v) is 7.64. The molecule has 0 aliphatic heterocycles. The van der Waals surface area contributed by atoms with E-state index in [1.165, 1.54) is 0 Å². The Bertz CT molecular complexity index is 535. The molecule has 0 spiro atoms. The maximum atomic E-state index is 12.8. The highest BCUT2D eigenvalue weighted by Crippen LogP contribution is 2.35. The van der Waals surface area contributed by atoms with Crippen LogP contribution in [0.1, 0.15) is 32.6 Å². The second-order valence-electron chi connectivity index (χ2n) is 6.02. The Morgan fingerprint density at radius 1 is 1.45 bits per heavy atom. The Balaban J connectivity index is 0.00000242. The van der Waals surface area contributed by atoms with Gasteiger partial charge < -0.3 is 15.4 Å². The smallest absolute Gasteiger partial charge is 0.231 e. The number of nitrogens with zero attached hydrogens (tertiary/aromatic N) is 1. The molecule has 4 nitrogen and oxygen atoms in total. The SMILES string of the molecule is COc1ccc(N(C)C(=O)C2CCCCC2(C)N)cc1Cl.Cl. The van der Waals surface area contributed by atoms with Crippen molar-refractivity contribution >= 4 is 35.6 Å². The van der Waals surface area contributed by atoms with Gasteiger partial charge in [-0.3, -0.25) is 4.79 Å². The summed E-state index contributed by atoms with van der Waals surface area (Å²) in [5.41, 5.74) is 6.65. The molecule has 0 radical (unpaired) electrons. The lowest BCUT2D eigenvalue weighted by atomic mass is 9.74. The highest BCUT2D eigenvalue weighted by molar-refractivity contribution is 6.32. The highest BCUT2D eigenvalue weighted by atomic mass is 35.5. The molecule has 2 rings (SSSR count). The molecule has 1 amide bonds. The number of ether oxygens (including phenoxy) is 1. The van der Waals surface area contributed by atoms with E-state index in [1.54, 1.807) is 31.2 Å². The number of halogens is 2. The number of hydrogen-bond acceptors (Lipinski definition) is 3. The predicted molar refractivity (Wildman–Crippen MR) is 93.2 cm³/mol. The van der Waals surface area contributed by atoms with Gasteiger partial charge in [0.25, 0.3) is 0 Å². The van der Waals surface area contributed by atoms with Crippen LogP contribution in [0.4, 0.5) is 5.69 Å². The maximum Gasteiger partial charge on any atom is 0.231 e. The van der Waals surface area contributed by atoms with Gasteiger partial charge in [-0.15, -0.1) is 12.4 Å². The van der Waals surface area contributed by atoms with Crippen molar-refractivity contribution in [3.05, 3.63) is 23.2 Å². The highest BCUT2D eigenvalue weighted by Gasteiger charge is 2.39. The first-order chi connectivity index (χ1) is 9.86. The predicted octanol–water partition coefficient (Wildman–Crippen LogP) is 3.64. The summed E-state index contributed by atoms with van der Waals surface area (Å²) in [6.45, 7) is 1.98. The summed E-state index contributed by atoms with van der Waals surface area (Å²) >= 11 is 6.13. The van der Waals surface area contributed by atoms with Gasteiger partial charge in [0.2, 0.25) is 5.91 Å². The molecule has 6 heteroatoms. The standard InChI is InChI=1S/C16H23ClN2O2.ClH/c1-16(18)9-5-4-6-12(16)15(20)19(2)11-7-8-14(21-3)13(17)10-11;/h7-8,10,12H,4-6,9,18H2,1-3H3;1H. The number of anilines is 1. The lowest BCUT2D eigenvalue weighted by Gasteiger charge is -2.39. The summed E-state index contributed by atoms with van der Waals surface area (Å²) in [6.07, 6.45) is 3.88. The van der Waals surface area contributed by atoms with Gasteiger partial charge in [-0.1, -0.05) is 24.4 Å². The minimum atomic E-state index is -0.431. The largest absolute Gasteiger partial charge is 0.495 e. The summed E-state index contributed by atoms with van der Waals surface area (Å²) < 4.78 is 5.13. The van der Waals surface area contributed by atoms with Gasteiger partial charge in [-0.2, -0.15) is 0 Å². The van der Waals surface area contributed by atoms with E-state index in [0.29, 0.717) is 10.8 Å². The van der Waals surface area contributed by atoms with Crippen molar-refractivity contribution in [1.29, 1.82) is 0 Å². The number of carbonyl (C=O) groups is 1. The molecule has 0 aromatic heterocycles. The van der Waals surface area contributed by atoms with E-state index in [9.17, 15) is 4.79 Å². The molecule has 2 N–H and O–H groups in total. The molecular formula is C16H24Cl2N2O2. The average Bonchev–Trinajstić information content (AvgIpc) is 2.45. The molecule has 1 aromatic rings. The summed E-state index contributed by atoms with van der Waals surface area (Å²) in [5, 5.41) is 0.494. The Kier molecular flexibility index (Phi) is 6.53. The molecule has 22 heavy (non-hydrogen) atoms. The van der Waals surface area contributed by atoms with Crippen LogP contribution in [0, 0.1) is 5.92 Å². The molecule has 0 bridgehead atoms. The normalized spacial score (nSPS) is 24.3. The van der Waals surface area contributed by atoms with Crippen LogP contribution < -0.4 is 15.4 Å². The van der Waals surface area contributed by atoms with Crippen LogP contribution in [0.2, 0.25) is 5.02 Å². The van der Waals surface area contributed by atoms with Crippen molar-refractivity contribution < 1.29 is 9.53 Å². The third-order valence-electron chi connectivity index (χ3n) is 4.41. The van der Waals surface area contributed by atoms with E-state index in [1.807, 2.05) is 13.0 Å². The van der Waals surface area contributed by atoms with Gasteiger partial charge in [0.15, 0.2) is 0 Å². The number of rotatable bonds is 3. The Labute approximate surface area is 143 Å². The van der Waals surface area contributed by atoms with E-state index in [0.717, 1.165) is 31.4 Å². The molecule has 1 aliphatic rings. The van der Waals surface area contributed by atoms with Crippen molar-refractivity contribution in [2.45, 2.75) is 38.1 Å². The lowest BCUT2D eigenvalue weighted by Crippen LogP contribution is -2.53. The molecule has 1 saturated carbocycles. The summed E-state index contributed by atoms with van der Waals surface area (Å²) in [6, 6.07) is 5.35. The van der Waals surface area contributed by atoms with Crippen LogP contribution in [-0.2, 0) is 4.79 Å². The fraction of sp³-hybridized carbons (Fsp3) is 0.562. The number of carbonyl (C=O) groups excluding carboxylic acids is 1. The zero-order valence-electron chi connectivity index (χ0n) is 13.3. The van der Waals surface area contributed by atoms with Crippen molar-refractivity contribution in [2.24, 2.45) is 11.7 Å². The van der Waals surface area contributed by atoms with Gasteiger partial charge in [0.1, 0.15) is 5.75 Å². The minimum absolute atomic E-state index is 0. The second-order valence-corrected chi connectivity index (χ2v) is 6.43. The van der Waals surface area contributed by atoms with Gasteiger partial charge >= 0.3 is 0 Å². The summed E-state index contributed by atoms with van der Waals surface area (Å²) in [7, 11) is 3.34. The van der Waals surface area contributed by atoms with Crippen LogP contribution in [0.3, 0.4) is 0 Å². The number of amides is 1. The number of nitrogens with two attached hydrogens (primary N) is 1. The summed E-state index contributed by atoms with van der Waals surface area (Å²) in [5.74, 6) is 0.514. The fourth-order valence-electron chi connectivity index (χ4n) is 2.99. The van der Waals surface area contributed by atoms with Gasteiger partial charge in [-0.05, 0) is 38.0 Å². The zero-order valence-corrected chi connectivity index (χ0v) is 14.8. The molecule has 1 fully saturated rings. The Morgan fingerprint density at radius 3 is 2.68 bits per heavy atom. The Hall–Kier alpha value is -0.970. The number of hydrogen-bond donors (Lipinski definition) is 1. The third kappa shape index (κ3) is 3.86. The maximum absolute atomic E-state index is 12.8. The van der Waals surface area contributed by atoms with Crippen molar-refractivity contribution in [2.75, 3.05) is 19.1 Å². The third-order valence-corrected chi connectivity index (χ3v) is 4.70. The van der Waals surface area contributed by atoms with Crippen molar-refractivity contribution in [3.63, 3.8) is 0 Å². The van der Waals surface area contributed by atoms with E-state index < -0.39 is 5.54 Å². The molecule has 124 valence electrons. The van der Waals surface area contributed by atoms with E-state index in [2.05, 4.69) is 0 Å². The molecule has 2 unspecified atom stereocenters. The molecule has 0 heterocycles. The van der Waals surface area contributed by atoms with Crippen molar-refractivity contribution in [1.82, 2.24) is 0 Å². The van der Waals surface area contributed by atoms with Crippen LogP contribution >= 0.6 is 24.0 Å². The zero-order chi connectivity index (χ0) is 15.6. The molecule has 1 aromatic carbocycles. The van der Waals surface area contributed by atoms with Crippen LogP contribution in [0.15, 0.2) is 18.2 Å². The molecule has 2 atom stereocenters. The van der Waals surface area contributed by atoms with E-state index in [4.69, 9.17) is 22.1 Å². The Morgan fingerprint density at radius 2 is 2.14 bits per heavy atom. The number of benzene rings is 1. The molecule has 1 aliphatic carbocycles. The number of methoxy groups -OCH3 is 1. The van der Waals surface area contributed by atoms with Crippen LogP contribution in [0.5, 0.6) is 5.75 Å². The minimum Gasteiger partial charge on any atom is -0.495 e. The van der Waals surface area contributed by atoms with Crippen LogP contribution in [-0.4, -0.2) is 25.6 Å². The van der Waals surface area contributed by atoms with Crippen LogP contribution in [0.25, 0.3) is 0 Å².